The smallest absolute Gasteiger partial charge is 0.244 e. The number of carbonyl (C=O) groups is 1. The van der Waals surface area contributed by atoms with Crippen molar-refractivity contribution < 1.29 is 13.9 Å². The van der Waals surface area contributed by atoms with Crippen LogP contribution in [-0.2, 0) is 4.79 Å². The molecule has 0 radical (unpaired) electrons. The van der Waals surface area contributed by atoms with Crippen LogP contribution in [-0.4, -0.2) is 13.0 Å². The molecule has 0 aliphatic rings. The van der Waals surface area contributed by atoms with Crippen LogP contribution < -0.4 is 10.1 Å². The number of hydrogen-bond donors (Lipinski definition) is 1. The second-order valence-electron chi connectivity index (χ2n) is 4.26. The third kappa shape index (κ3) is 2.78. The van der Waals surface area contributed by atoms with E-state index in [9.17, 15) is 4.79 Å². The van der Waals surface area contributed by atoms with E-state index in [4.69, 9.17) is 9.15 Å². The van der Waals surface area contributed by atoms with Crippen molar-refractivity contribution in [3.05, 3.63) is 42.2 Å². The van der Waals surface area contributed by atoms with Gasteiger partial charge in [-0.15, -0.1) is 0 Å². The minimum absolute atomic E-state index is 0.137. The molecular formula is C15H17NO3. The summed E-state index contributed by atoms with van der Waals surface area (Å²) in [7, 11) is 1.61. The Bertz CT molecular complexity index is 613. The molecule has 4 heteroatoms. The van der Waals surface area contributed by atoms with Gasteiger partial charge in [-0.2, -0.15) is 0 Å². The molecule has 0 aliphatic carbocycles. The molecule has 19 heavy (non-hydrogen) atoms. The van der Waals surface area contributed by atoms with Crippen LogP contribution in [0.4, 0.5) is 0 Å². The lowest BCUT2D eigenvalue weighted by Crippen LogP contribution is -2.24. The van der Waals surface area contributed by atoms with E-state index in [2.05, 4.69) is 5.32 Å². The van der Waals surface area contributed by atoms with Crippen molar-refractivity contribution in [1.82, 2.24) is 5.32 Å². The molecule has 2 aromatic rings. The fraction of sp³-hybridized carbons (Fsp3) is 0.267. The van der Waals surface area contributed by atoms with Gasteiger partial charge >= 0.3 is 0 Å². The Labute approximate surface area is 112 Å². The molecule has 1 aromatic heterocycles. The highest BCUT2D eigenvalue weighted by atomic mass is 16.5. The molecular weight excluding hydrogens is 242 g/mol. The molecule has 0 saturated carbocycles. The van der Waals surface area contributed by atoms with E-state index >= 15 is 0 Å². The van der Waals surface area contributed by atoms with Gasteiger partial charge in [0.2, 0.25) is 5.91 Å². The largest absolute Gasteiger partial charge is 0.493 e. The van der Waals surface area contributed by atoms with Crippen molar-refractivity contribution in [2.24, 2.45) is 0 Å². The van der Waals surface area contributed by atoms with Crippen molar-refractivity contribution in [2.45, 2.75) is 19.9 Å². The lowest BCUT2D eigenvalue weighted by atomic mass is 10.2. The lowest BCUT2D eigenvalue weighted by Gasteiger charge is -2.08. The zero-order chi connectivity index (χ0) is 13.8. The van der Waals surface area contributed by atoms with E-state index in [0.29, 0.717) is 17.1 Å². The highest BCUT2D eigenvalue weighted by Crippen LogP contribution is 2.30. The number of fused-ring (bicyclic) bond motifs is 1. The predicted molar refractivity (Wildman–Crippen MR) is 74.1 cm³/mol. The van der Waals surface area contributed by atoms with E-state index in [1.165, 1.54) is 6.08 Å². The van der Waals surface area contributed by atoms with Gasteiger partial charge in [-0.05, 0) is 32.1 Å². The Balaban J connectivity index is 2.28. The Hall–Kier alpha value is -2.23. The van der Waals surface area contributed by atoms with E-state index in [-0.39, 0.29) is 11.9 Å². The van der Waals surface area contributed by atoms with Crippen LogP contribution in [0.1, 0.15) is 25.6 Å². The van der Waals surface area contributed by atoms with Crippen molar-refractivity contribution in [1.29, 1.82) is 0 Å². The number of amides is 1. The molecule has 0 saturated heterocycles. The molecule has 0 spiro atoms. The minimum atomic E-state index is -0.194. The average molecular weight is 259 g/mol. The molecule has 0 aliphatic heterocycles. The Kier molecular flexibility index (Phi) is 3.90. The molecule has 1 amide bonds. The maximum Gasteiger partial charge on any atom is 0.244 e. The Morgan fingerprint density at radius 3 is 2.95 bits per heavy atom. The first kappa shape index (κ1) is 13.2. The lowest BCUT2D eigenvalue weighted by molar-refractivity contribution is -0.117. The number of benzene rings is 1. The van der Waals surface area contributed by atoms with Gasteiger partial charge in [-0.1, -0.05) is 18.2 Å². The number of hydrogen-bond acceptors (Lipinski definition) is 3. The fourth-order valence-electron chi connectivity index (χ4n) is 1.91. The van der Waals surface area contributed by atoms with E-state index in [1.807, 2.05) is 31.2 Å². The van der Waals surface area contributed by atoms with Gasteiger partial charge in [0, 0.05) is 5.39 Å². The maximum absolute atomic E-state index is 11.5. The van der Waals surface area contributed by atoms with E-state index in [1.54, 1.807) is 20.1 Å². The number of allylic oxidation sites excluding steroid dienone is 1. The Morgan fingerprint density at radius 1 is 1.47 bits per heavy atom. The molecule has 1 heterocycles. The zero-order valence-corrected chi connectivity index (χ0v) is 11.3. The van der Waals surface area contributed by atoms with E-state index < -0.39 is 0 Å². The second-order valence-corrected chi connectivity index (χ2v) is 4.26. The topological polar surface area (TPSA) is 51.5 Å². The number of ether oxygens (including phenoxy) is 1. The molecule has 1 atom stereocenters. The van der Waals surface area contributed by atoms with Gasteiger partial charge in [0.1, 0.15) is 5.76 Å². The summed E-state index contributed by atoms with van der Waals surface area (Å²) < 4.78 is 11.0. The van der Waals surface area contributed by atoms with Crippen LogP contribution in [0.5, 0.6) is 5.75 Å². The average Bonchev–Trinajstić information content (AvgIpc) is 2.82. The summed E-state index contributed by atoms with van der Waals surface area (Å²) in [6, 6.07) is 7.42. The second kappa shape index (κ2) is 5.61. The third-order valence-electron chi connectivity index (χ3n) is 2.85. The maximum atomic E-state index is 11.5. The summed E-state index contributed by atoms with van der Waals surface area (Å²) in [6.45, 7) is 3.68. The van der Waals surface area contributed by atoms with Crippen molar-refractivity contribution >= 4 is 16.9 Å². The van der Waals surface area contributed by atoms with Gasteiger partial charge < -0.3 is 14.5 Å². The first-order valence-corrected chi connectivity index (χ1v) is 6.15. The van der Waals surface area contributed by atoms with Crippen molar-refractivity contribution in [2.75, 3.05) is 7.11 Å². The SMILES string of the molecule is C/C=C/C(=O)NC(C)c1cc2cccc(OC)c2o1. The quantitative estimate of drug-likeness (QED) is 0.858. The van der Waals surface area contributed by atoms with Crippen LogP contribution in [0.2, 0.25) is 0 Å². The minimum Gasteiger partial charge on any atom is -0.493 e. The van der Waals surface area contributed by atoms with Gasteiger partial charge in [-0.25, -0.2) is 0 Å². The number of nitrogens with one attached hydrogen (secondary N) is 1. The Morgan fingerprint density at radius 2 is 2.26 bits per heavy atom. The van der Waals surface area contributed by atoms with E-state index in [0.717, 1.165) is 5.39 Å². The van der Waals surface area contributed by atoms with Crippen molar-refractivity contribution in [3.8, 4) is 5.75 Å². The molecule has 1 unspecified atom stereocenters. The first-order valence-electron chi connectivity index (χ1n) is 6.15. The summed E-state index contributed by atoms with van der Waals surface area (Å²) in [4.78, 5) is 11.5. The summed E-state index contributed by atoms with van der Waals surface area (Å²) in [5, 5.41) is 3.79. The highest BCUT2D eigenvalue weighted by molar-refractivity contribution is 5.88. The van der Waals surface area contributed by atoms with Crippen LogP contribution in [0.25, 0.3) is 11.0 Å². The number of carbonyl (C=O) groups excluding carboxylic acids is 1. The van der Waals surface area contributed by atoms with Crippen LogP contribution in [0.15, 0.2) is 40.8 Å². The highest BCUT2D eigenvalue weighted by Gasteiger charge is 2.14. The standard InChI is InChI=1S/C15H17NO3/c1-4-6-14(17)16-10(2)13-9-11-7-5-8-12(18-3)15(11)19-13/h4-10H,1-3H3,(H,16,17)/b6-4+. The molecule has 1 aromatic carbocycles. The molecule has 4 nitrogen and oxygen atoms in total. The van der Waals surface area contributed by atoms with Crippen molar-refractivity contribution in [3.63, 3.8) is 0 Å². The molecule has 0 fully saturated rings. The molecule has 0 bridgehead atoms. The van der Waals surface area contributed by atoms with Crippen LogP contribution in [0.3, 0.4) is 0 Å². The van der Waals surface area contributed by atoms with Crippen LogP contribution in [0, 0.1) is 0 Å². The summed E-state index contributed by atoms with van der Waals surface area (Å²) in [5.74, 6) is 1.26. The number of rotatable bonds is 4. The van der Waals surface area contributed by atoms with Gasteiger partial charge in [0.05, 0.1) is 13.2 Å². The van der Waals surface area contributed by atoms with Gasteiger partial charge in [0.15, 0.2) is 11.3 Å². The molecule has 2 rings (SSSR count). The summed E-state index contributed by atoms with van der Waals surface area (Å²) in [5.41, 5.74) is 0.701. The fourth-order valence-corrected chi connectivity index (χ4v) is 1.91. The summed E-state index contributed by atoms with van der Waals surface area (Å²) in [6.07, 6.45) is 3.18. The summed E-state index contributed by atoms with van der Waals surface area (Å²) >= 11 is 0. The number of methoxy groups -OCH3 is 1. The zero-order valence-electron chi connectivity index (χ0n) is 11.3. The molecule has 1 N–H and O–H groups in total. The number of para-hydroxylation sites is 1. The monoisotopic (exact) mass is 259 g/mol. The normalized spacial score (nSPS) is 12.8. The van der Waals surface area contributed by atoms with Crippen LogP contribution >= 0.6 is 0 Å². The molecule has 100 valence electrons. The number of furan rings is 1. The van der Waals surface area contributed by atoms with Gasteiger partial charge in [0.25, 0.3) is 0 Å². The predicted octanol–water partition coefficient (Wildman–Crippen LogP) is 3.19. The van der Waals surface area contributed by atoms with Gasteiger partial charge in [-0.3, -0.25) is 4.79 Å². The first-order chi connectivity index (χ1) is 9.15. The third-order valence-corrected chi connectivity index (χ3v) is 2.85.